The molecular weight excluding hydrogens is 460 g/mol. The summed E-state index contributed by atoms with van der Waals surface area (Å²) in [5, 5.41) is 12.5. The second kappa shape index (κ2) is 8.09. The summed E-state index contributed by atoms with van der Waals surface area (Å²) in [5.74, 6) is -3.06. The van der Waals surface area contributed by atoms with Crippen LogP contribution in [-0.2, 0) is 4.74 Å². The molecule has 4 heterocycles. The van der Waals surface area contributed by atoms with Crippen molar-refractivity contribution in [3.8, 4) is 11.5 Å². The van der Waals surface area contributed by atoms with Crippen molar-refractivity contribution in [2.75, 3.05) is 24.8 Å². The molecule has 0 aliphatic carbocycles. The number of fused-ring (bicyclic) bond motifs is 4. The average molecular weight is 481 g/mol. The lowest BCUT2D eigenvalue weighted by atomic mass is 9.94. The number of hydrogen-bond acceptors (Lipinski definition) is 6. The van der Waals surface area contributed by atoms with Gasteiger partial charge >= 0.3 is 0 Å². The fourth-order valence-electron chi connectivity index (χ4n) is 5.07. The molecule has 10 heteroatoms. The highest BCUT2D eigenvalue weighted by atomic mass is 19.2. The minimum atomic E-state index is -1.04. The Balaban J connectivity index is 1.66. The van der Waals surface area contributed by atoms with Crippen LogP contribution in [0, 0.1) is 11.6 Å². The molecule has 3 aliphatic heterocycles. The van der Waals surface area contributed by atoms with Gasteiger partial charge in [0.1, 0.15) is 18.0 Å². The summed E-state index contributed by atoms with van der Waals surface area (Å²) < 4.78 is 41.5. The third-order valence-electron chi connectivity index (χ3n) is 6.74. The second-order valence-electron chi connectivity index (χ2n) is 8.74. The number of hydrogen-bond donors (Lipinski definition) is 1. The summed E-state index contributed by atoms with van der Waals surface area (Å²) in [6.45, 7) is 0.738. The maximum Gasteiger partial charge on any atom is 0.278 e. The number of rotatable bonds is 2. The van der Waals surface area contributed by atoms with E-state index in [1.165, 1.54) is 16.9 Å². The van der Waals surface area contributed by atoms with E-state index in [2.05, 4.69) is 0 Å². The molecule has 2 aromatic carbocycles. The summed E-state index contributed by atoms with van der Waals surface area (Å²) in [6, 6.07) is 11.4. The molecular formula is C25H21F2N3O5. The van der Waals surface area contributed by atoms with Crippen molar-refractivity contribution in [3.05, 3.63) is 93.4 Å². The molecule has 180 valence electrons. The first-order valence-electron chi connectivity index (χ1n) is 11.3. The summed E-state index contributed by atoms with van der Waals surface area (Å²) in [7, 11) is 0. The third-order valence-corrected chi connectivity index (χ3v) is 6.74. The molecule has 3 aliphatic rings. The van der Waals surface area contributed by atoms with Crippen molar-refractivity contribution in [1.82, 2.24) is 9.58 Å². The zero-order chi connectivity index (χ0) is 24.3. The first-order chi connectivity index (χ1) is 17.0. The van der Waals surface area contributed by atoms with Crippen LogP contribution in [0.4, 0.5) is 8.78 Å². The number of pyridine rings is 1. The summed E-state index contributed by atoms with van der Waals surface area (Å²) >= 11 is 0. The molecule has 0 unspecified atom stereocenters. The maximum absolute atomic E-state index is 14.6. The second-order valence-corrected chi connectivity index (χ2v) is 8.74. The standard InChI is InChI=1S/C25H21F2N3O5/c26-17-10-16-20(11-18(17)27)35-9-7-21-29(15-12-34-13-15)25(33)23-24(32)19(31)6-8-28(23)30(21)22(16)14-4-2-1-3-5-14/h1-6,8,10-11,15,21-22,32H,7,9,12-13H2/t21-,22+/m1/s1. The summed E-state index contributed by atoms with van der Waals surface area (Å²) in [4.78, 5) is 27.6. The van der Waals surface area contributed by atoms with Gasteiger partial charge in [-0.3, -0.25) is 19.3 Å². The average Bonchev–Trinajstić information content (AvgIpc) is 2.81. The molecule has 0 bridgehead atoms. The lowest BCUT2D eigenvalue weighted by Gasteiger charge is -2.54. The molecule has 8 nitrogen and oxygen atoms in total. The number of benzene rings is 2. The highest BCUT2D eigenvalue weighted by Crippen LogP contribution is 2.42. The molecule has 3 aromatic rings. The molecule has 0 spiro atoms. The van der Waals surface area contributed by atoms with Gasteiger partial charge < -0.3 is 19.5 Å². The van der Waals surface area contributed by atoms with E-state index in [1.807, 2.05) is 35.3 Å². The van der Waals surface area contributed by atoms with Gasteiger partial charge in [-0.2, -0.15) is 0 Å². The van der Waals surface area contributed by atoms with Gasteiger partial charge in [0, 0.05) is 30.3 Å². The lowest BCUT2D eigenvalue weighted by molar-refractivity contribution is -0.0758. The molecule has 0 radical (unpaired) electrons. The van der Waals surface area contributed by atoms with Crippen LogP contribution in [0.3, 0.4) is 0 Å². The topological polar surface area (TPSA) is 84.2 Å². The smallest absolute Gasteiger partial charge is 0.278 e. The Bertz CT molecular complexity index is 1380. The largest absolute Gasteiger partial charge is 0.502 e. The molecule has 1 fully saturated rings. The van der Waals surface area contributed by atoms with Crippen LogP contribution in [0.25, 0.3) is 0 Å². The van der Waals surface area contributed by atoms with Crippen LogP contribution >= 0.6 is 0 Å². The van der Waals surface area contributed by atoms with Crippen molar-refractivity contribution in [3.63, 3.8) is 0 Å². The van der Waals surface area contributed by atoms with Gasteiger partial charge in [0.25, 0.3) is 5.91 Å². The SMILES string of the molecule is O=C1c2c(O)c(=O)ccn2N2[C@@H](c3ccccc3)c3cc(F)c(F)cc3OCC[C@@H]2N1C1COC1. The van der Waals surface area contributed by atoms with E-state index in [9.17, 15) is 23.5 Å². The minimum Gasteiger partial charge on any atom is -0.502 e. The Hall–Kier alpha value is -3.92. The van der Waals surface area contributed by atoms with E-state index < -0.39 is 40.9 Å². The van der Waals surface area contributed by atoms with Crippen LogP contribution in [0.5, 0.6) is 11.5 Å². The van der Waals surface area contributed by atoms with E-state index >= 15 is 0 Å². The van der Waals surface area contributed by atoms with Crippen molar-refractivity contribution < 1.29 is 28.2 Å². The van der Waals surface area contributed by atoms with Gasteiger partial charge in [-0.15, -0.1) is 0 Å². The molecule has 0 saturated carbocycles. The number of carbonyl (C=O) groups excluding carboxylic acids is 1. The summed E-state index contributed by atoms with van der Waals surface area (Å²) in [6.07, 6.45) is 1.17. The van der Waals surface area contributed by atoms with Gasteiger partial charge in [-0.25, -0.2) is 8.78 Å². The molecule has 1 aromatic heterocycles. The quantitative estimate of drug-likeness (QED) is 0.606. The number of carbonyl (C=O) groups is 1. The van der Waals surface area contributed by atoms with Gasteiger partial charge in [-0.1, -0.05) is 30.3 Å². The van der Waals surface area contributed by atoms with Crippen molar-refractivity contribution in [2.24, 2.45) is 0 Å². The normalized spacial score (nSPS) is 21.7. The van der Waals surface area contributed by atoms with Crippen LogP contribution in [-0.4, -0.2) is 52.6 Å². The fourth-order valence-corrected chi connectivity index (χ4v) is 5.07. The third kappa shape index (κ3) is 3.28. The maximum atomic E-state index is 14.6. The monoisotopic (exact) mass is 481 g/mol. The molecule has 6 rings (SSSR count). The molecule has 35 heavy (non-hydrogen) atoms. The number of amides is 1. The Labute approximate surface area is 198 Å². The number of halogens is 2. The van der Waals surface area contributed by atoms with E-state index in [-0.39, 0.29) is 24.1 Å². The van der Waals surface area contributed by atoms with Crippen molar-refractivity contribution in [2.45, 2.75) is 24.7 Å². The zero-order valence-corrected chi connectivity index (χ0v) is 18.4. The molecule has 1 saturated heterocycles. The van der Waals surface area contributed by atoms with E-state index in [0.717, 1.165) is 17.7 Å². The first kappa shape index (κ1) is 21.6. The lowest BCUT2D eigenvalue weighted by Crippen LogP contribution is -2.68. The van der Waals surface area contributed by atoms with Crippen molar-refractivity contribution in [1.29, 1.82) is 0 Å². The highest BCUT2D eigenvalue weighted by Gasteiger charge is 2.48. The van der Waals surface area contributed by atoms with Crippen molar-refractivity contribution >= 4 is 5.91 Å². The zero-order valence-electron chi connectivity index (χ0n) is 18.4. The number of aromatic hydroxyl groups is 1. The van der Waals surface area contributed by atoms with Crippen LogP contribution < -0.4 is 15.2 Å². The Kier molecular flexibility index (Phi) is 4.99. The van der Waals surface area contributed by atoms with Gasteiger partial charge in [0.05, 0.1) is 25.9 Å². The van der Waals surface area contributed by atoms with Crippen LogP contribution in [0.2, 0.25) is 0 Å². The molecule has 1 N–H and O–H groups in total. The predicted octanol–water partition coefficient (Wildman–Crippen LogP) is 2.52. The van der Waals surface area contributed by atoms with Crippen LogP contribution in [0.1, 0.15) is 34.1 Å². The highest BCUT2D eigenvalue weighted by molar-refractivity contribution is 5.96. The van der Waals surface area contributed by atoms with E-state index in [0.29, 0.717) is 25.2 Å². The number of nitrogens with zero attached hydrogens (tertiary/aromatic N) is 3. The predicted molar refractivity (Wildman–Crippen MR) is 120 cm³/mol. The Morgan fingerprint density at radius 3 is 2.46 bits per heavy atom. The molecule has 2 atom stereocenters. The number of ether oxygens (including phenoxy) is 2. The molecule has 1 amide bonds. The Morgan fingerprint density at radius 1 is 1.00 bits per heavy atom. The number of aromatic nitrogens is 1. The minimum absolute atomic E-state index is 0.125. The van der Waals surface area contributed by atoms with E-state index in [4.69, 9.17) is 9.47 Å². The summed E-state index contributed by atoms with van der Waals surface area (Å²) in [5.41, 5.74) is 0.196. The first-order valence-corrected chi connectivity index (χ1v) is 11.3. The fraction of sp³-hybridized carbons (Fsp3) is 0.280. The van der Waals surface area contributed by atoms with Gasteiger partial charge in [-0.05, 0) is 11.6 Å². The van der Waals surface area contributed by atoms with Crippen LogP contribution in [0.15, 0.2) is 59.5 Å². The van der Waals surface area contributed by atoms with Gasteiger partial charge in [0.2, 0.25) is 5.43 Å². The van der Waals surface area contributed by atoms with E-state index in [1.54, 1.807) is 4.90 Å². The van der Waals surface area contributed by atoms with Gasteiger partial charge in [0.15, 0.2) is 23.1 Å². The Morgan fingerprint density at radius 2 is 1.74 bits per heavy atom.